The smallest absolute Gasteiger partial charge is 0.176 e. The fourth-order valence-electron chi connectivity index (χ4n) is 1.92. The monoisotopic (exact) mass is 285 g/mol. The second kappa shape index (κ2) is 4.26. The van der Waals surface area contributed by atoms with Crippen LogP contribution in [0.5, 0.6) is 0 Å². The zero-order valence-corrected chi connectivity index (χ0v) is 10.6. The van der Waals surface area contributed by atoms with Crippen LogP contribution in [0.1, 0.15) is 28.8 Å². The Hall–Kier alpha value is -0.740. The molecule has 1 aromatic carbocycles. The van der Waals surface area contributed by atoms with Crippen LogP contribution in [0.25, 0.3) is 0 Å². The molecule has 0 bridgehead atoms. The molecule has 1 saturated carbocycles. The molecule has 0 saturated heterocycles. The number of Topliss-reactive ketones (excluding diaryl/α,β-unsaturated/α-hetero) is 1. The fraction of sp³-hybridized carbons (Fsp3) is 0.417. The van der Waals surface area contributed by atoms with Crippen LogP contribution in [-0.2, 0) is 5.54 Å². The predicted octanol–water partition coefficient (Wildman–Crippen LogP) is 2.61. The summed E-state index contributed by atoms with van der Waals surface area (Å²) in [5.41, 5.74) is 1.03. The molecule has 0 amide bonds. The van der Waals surface area contributed by atoms with E-state index in [0.717, 1.165) is 18.4 Å². The van der Waals surface area contributed by atoms with E-state index in [9.17, 15) is 9.18 Å². The van der Waals surface area contributed by atoms with Gasteiger partial charge in [0.05, 0.1) is 10.9 Å². The Bertz CT molecular complexity index is 429. The molecule has 86 valence electrons. The van der Waals surface area contributed by atoms with E-state index < -0.39 is 5.82 Å². The van der Waals surface area contributed by atoms with Gasteiger partial charge in [0.2, 0.25) is 0 Å². The molecule has 2 nitrogen and oxygen atoms in total. The SMILES string of the molecule is CNC1(c2ccc(C(=O)CBr)c(F)c2)CC1. The number of ketones is 1. The molecule has 1 aromatic rings. The number of hydrogen-bond acceptors (Lipinski definition) is 2. The molecule has 4 heteroatoms. The lowest BCUT2D eigenvalue weighted by molar-refractivity contribution is 0.102. The van der Waals surface area contributed by atoms with Gasteiger partial charge in [-0.05, 0) is 37.6 Å². The van der Waals surface area contributed by atoms with E-state index in [1.807, 2.05) is 13.1 Å². The van der Waals surface area contributed by atoms with Crippen molar-refractivity contribution >= 4 is 21.7 Å². The van der Waals surface area contributed by atoms with Gasteiger partial charge in [0.25, 0.3) is 0 Å². The number of nitrogens with one attached hydrogen (secondary N) is 1. The van der Waals surface area contributed by atoms with Crippen molar-refractivity contribution in [1.29, 1.82) is 0 Å². The van der Waals surface area contributed by atoms with Gasteiger partial charge in [0, 0.05) is 5.54 Å². The number of benzene rings is 1. The third-order valence-corrected chi connectivity index (χ3v) is 3.68. The van der Waals surface area contributed by atoms with Crippen LogP contribution in [0.4, 0.5) is 4.39 Å². The topological polar surface area (TPSA) is 29.1 Å². The average molecular weight is 286 g/mol. The zero-order valence-electron chi connectivity index (χ0n) is 9.02. The second-order valence-corrected chi connectivity index (χ2v) is 4.64. The molecule has 2 rings (SSSR count). The highest BCUT2D eigenvalue weighted by atomic mass is 79.9. The summed E-state index contributed by atoms with van der Waals surface area (Å²) in [6, 6.07) is 4.88. The van der Waals surface area contributed by atoms with Gasteiger partial charge >= 0.3 is 0 Å². The molecular weight excluding hydrogens is 273 g/mol. The van der Waals surface area contributed by atoms with Gasteiger partial charge in [-0.1, -0.05) is 22.0 Å². The third kappa shape index (κ3) is 1.92. The normalized spacial score (nSPS) is 17.2. The molecule has 0 aromatic heterocycles. The maximum absolute atomic E-state index is 13.7. The lowest BCUT2D eigenvalue weighted by Gasteiger charge is -2.15. The first-order chi connectivity index (χ1) is 7.63. The largest absolute Gasteiger partial charge is 0.310 e. The Labute approximate surface area is 102 Å². The molecule has 1 fully saturated rings. The number of alkyl halides is 1. The van der Waals surface area contributed by atoms with Crippen molar-refractivity contribution < 1.29 is 9.18 Å². The lowest BCUT2D eigenvalue weighted by Crippen LogP contribution is -2.24. The summed E-state index contributed by atoms with van der Waals surface area (Å²) < 4.78 is 13.7. The van der Waals surface area contributed by atoms with Gasteiger partial charge in [-0.2, -0.15) is 0 Å². The Morgan fingerprint density at radius 3 is 2.69 bits per heavy atom. The van der Waals surface area contributed by atoms with Crippen LogP contribution >= 0.6 is 15.9 Å². The first-order valence-electron chi connectivity index (χ1n) is 5.21. The third-order valence-electron chi connectivity index (χ3n) is 3.17. The van der Waals surface area contributed by atoms with E-state index in [1.165, 1.54) is 6.07 Å². The van der Waals surface area contributed by atoms with Crippen LogP contribution in [0.3, 0.4) is 0 Å². The summed E-state index contributed by atoms with van der Waals surface area (Å²) in [5, 5.41) is 3.35. The van der Waals surface area contributed by atoms with Crippen LogP contribution < -0.4 is 5.32 Å². The van der Waals surface area contributed by atoms with Gasteiger partial charge < -0.3 is 5.32 Å². The van der Waals surface area contributed by atoms with Crippen LogP contribution in [0.15, 0.2) is 18.2 Å². The minimum atomic E-state index is -0.427. The van der Waals surface area contributed by atoms with E-state index in [2.05, 4.69) is 21.2 Å². The van der Waals surface area contributed by atoms with Crippen molar-refractivity contribution in [2.75, 3.05) is 12.4 Å². The Balaban J connectivity index is 2.33. The number of hydrogen-bond donors (Lipinski definition) is 1. The van der Waals surface area contributed by atoms with Gasteiger partial charge in [0.15, 0.2) is 5.78 Å². The first kappa shape index (κ1) is 11.7. The number of halogens is 2. The summed E-state index contributed by atoms with van der Waals surface area (Å²) in [5.74, 6) is -0.651. The quantitative estimate of drug-likeness (QED) is 0.681. The van der Waals surface area contributed by atoms with Gasteiger partial charge in [-0.3, -0.25) is 4.79 Å². The molecule has 1 aliphatic rings. The summed E-state index contributed by atoms with van der Waals surface area (Å²) in [6.45, 7) is 0. The Kier molecular flexibility index (Phi) is 3.13. The molecule has 0 aliphatic heterocycles. The second-order valence-electron chi connectivity index (χ2n) is 4.08. The van der Waals surface area contributed by atoms with Crippen molar-refractivity contribution in [2.45, 2.75) is 18.4 Å². The maximum atomic E-state index is 13.7. The minimum absolute atomic E-state index is 0.0587. The molecular formula is C12H13BrFNO. The maximum Gasteiger partial charge on any atom is 0.176 e. The van der Waals surface area contributed by atoms with Crippen molar-refractivity contribution in [2.24, 2.45) is 0 Å². The summed E-state index contributed by atoms with van der Waals surface area (Å²) in [4.78, 5) is 11.4. The van der Waals surface area contributed by atoms with Crippen LogP contribution in [-0.4, -0.2) is 18.2 Å². The molecule has 0 atom stereocenters. The number of carbonyl (C=O) groups is 1. The highest BCUT2D eigenvalue weighted by molar-refractivity contribution is 9.09. The van der Waals surface area contributed by atoms with Gasteiger partial charge in [-0.15, -0.1) is 0 Å². The highest BCUT2D eigenvalue weighted by Crippen LogP contribution is 2.45. The first-order valence-corrected chi connectivity index (χ1v) is 6.33. The van der Waals surface area contributed by atoms with Crippen molar-refractivity contribution in [3.63, 3.8) is 0 Å². The summed E-state index contributed by atoms with van der Waals surface area (Å²) in [7, 11) is 1.88. The molecule has 0 unspecified atom stereocenters. The van der Waals surface area contributed by atoms with Crippen molar-refractivity contribution in [3.8, 4) is 0 Å². The van der Waals surface area contributed by atoms with Crippen LogP contribution in [0, 0.1) is 5.82 Å². The minimum Gasteiger partial charge on any atom is -0.310 e. The fourth-order valence-corrected chi connectivity index (χ4v) is 2.22. The molecule has 1 aliphatic carbocycles. The molecule has 16 heavy (non-hydrogen) atoms. The van der Waals surface area contributed by atoms with Crippen molar-refractivity contribution in [1.82, 2.24) is 5.32 Å². The summed E-state index contributed by atoms with van der Waals surface area (Å²) in [6.07, 6.45) is 2.04. The van der Waals surface area contributed by atoms with E-state index in [0.29, 0.717) is 0 Å². The molecule has 1 N–H and O–H groups in total. The standard InChI is InChI=1S/C12H13BrFNO/c1-15-12(4-5-12)8-2-3-9(10(14)6-8)11(16)7-13/h2-3,6,15H,4-5,7H2,1H3. The van der Waals surface area contributed by atoms with E-state index >= 15 is 0 Å². The Morgan fingerprint density at radius 1 is 1.56 bits per heavy atom. The Morgan fingerprint density at radius 2 is 2.25 bits per heavy atom. The summed E-state index contributed by atoms with van der Waals surface area (Å²) >= 11 is 3.04. The van der Waals surface area contributed by atoms with Gasteiger partial charge in [-0.25, -0.2) is 4.39 Å². The highest BCUT2D eigenvalue weighted by Gasteiger charge is 2.43. The predicted molar refractivity (Wildman–Crippen MR) is 64.5 cm³/mol. The van der Waals surface area contributed by atoms with Crippen LogP contribution in [0.2, 0.25) is 0 Å². The number of carbonyl (C=O) groups excluding carboxylic acids is 1. The lowest BCUT2D eigenvalue weighted by atomic mass is 10.0. The van der Waals surface area contributed by atoms with E-state index in [4.69, 9.17) is 0 Å². The molecule has 0 spiro atoms. The average Bonchev–Trinajstić information content (AvgIpc) is 3.09. The van der Waals surface area contributed by atoms with Crippen molar-refractivity contribution in [3.05, 3.63) is 35.1 Å². The van der Waals surface area contributed by atoms with Gasteiger partial charge in [0.1, 0.15) is 5.82 Å². The molecule has 0 radical (unpaired) electrons. The number of rotatable bonds is 4. The zero-order chi connectivity index (χ0) is 11.8. The van der Waals surface area contributed by atoms with E-state index in [-0.39, 0.29) is 22.2 Å². The van der Waals surface area contributed by atoms with E-state index in [1.54, 1.807) is 6.07 Å². The molecule has 0 heterocycles.